The summed E-state index contributed by atoms with van der Waals surface area (Å²) in [6.45, 7) is 10.9. The summed E-state index contributed by atoms with van der Waals surface area (Å²) < 4.78 is 0. The molecular formula is C14H26O. The Balaban J connectivity index is 4.24. The monoisotopic (exact) mass is 210 g/mol. The van der Waals surface area contributed by atoms with E-state index in [1.165, 1.54) is 5.57 Å². The van der Waals surface area contributed by atoms with Crippen LogP contribution in [-0.2, 0) is 4.79 Å². The minimum atomic E-state index is 0.196. The Hall–Kier alpha value is -0.590. The topological polar surface area (TPSA) is 17.1 Å². The van der Waals surface area contributed by atoms with Crippen molar-refractivity contribution in [1.29, 1.82) is 0 Å². The molecule has 0 aromatic heterocycles. The molecule has 88 valence electrons. The smallest absolute Gasteiger partial charge is 0.120 e. The lowest BCUT2D eigenvalue weighted by Gasteiger charge is -2.29. The molecule has 0 aliphatic carbocycles. The number of hydrogen-bond acceptors (Lipinski definition) is 1. The lowest BCUT2D eigenvalue weighted by molar-refractivity contribution is -0.110. The minimum Gasteiger partial charge on any atom is -0.303 e. The molecule has 0 aliphatic heterocycles. The summed E-state index contributed by atoms with van der Waals surface area (Å²) in [6, 6.07) is 0. The van der Waals surface area contributed by atoms with E-state index in [9.17, 15) is 4.79 Å². The van der Waals surface area contributed by atoms with Crippen LogP contribution in [0.5, 0.6) is 0 Å². The third-order valence-corrected chi connectivity index (χ3v) is 2.78. The molecule has 1 atom stereocenters. The van der Waals surface area contributed by atoms with Crippen LogP contribution in [0.4, 0.5) is 0 Å². The summed E-state index contributed by atoms with van der Waals surface area (Å²) in [5.41, 5.74) is 1.56. The van der Waals surface area contributed by atoms with Gasteiger partial charge >= 0.3 is 0 Å². The number of carbonyl (C=O) groups excluding carboxylic acids is 1. The van der Waals surface area contributed by atoms with Gasteiger partial charge in [0.1, 0.15) is 6.29 Å². The van der Waals surface area contributed by atoms with Gasteiger partial charge in [0.05, 0.1) is 0 Å². The van der Waals surface area contributed by atoms with Gasteiger partial charge in [0.25, 0.3) is 0 Å². The van der Waals surface area contributed by atoms with Crippen LogP contribution in [0, 0.1) is 11.3 Å². The van der Waals surface area contributed by atoms with E-state index in [-0.39, 0.29) is 5.41 Å². The summed E-state index contributed by atoms with van der Waals surface area (Å²) >= 11 is 0. The van der Waals surface area contributed by atoms with Crippen LogP contribution in [0.2, 0.25) is 0 Å². The highest BCUT2D eigenvalue weighted by Crippen LogP contribution is 2.34. The van der Waals surface area contributed by atoms with Gasteiger partial charge < -0.3 is 4.79 Å². The molecule has 0 rings (SSSR count). The van der Waals surface area contributed by atoms with Crippen molar-refractivity contribution >= 4 is 6.29 Å². The van der Waals surface area contributed by atoms with Gasteiger partial charge in [0.15, 0.2) is 0 Å². The van der Waals surface area contributed by atoms with Gasteiger partial charge in [-0.05, 0) is 44.4 Å². The quantitative estimate of drug-likeness (QED) is 0.450. The van der Waals surface area contributed by atoms with Crippen molar-refractivity contribution in [3.8, 4) is 0 Å². The largest absolute Gasteiger partial charge is 0.303 e. The zero-order chi connectivity index (χ0) is 11.9. The lowest BCUT2D eigenvalue weighted by Crippen LogP contribution is -2.19. The van der Waals surface area contributed by atoms with Gasteiger partial charge in [-0.25, -0.2) is 0 Å². The summed E-state index contributed by atoms with van der Waals surface area (Å²) in [6.07, 6.45) is 7.40. The van der Waals surface area contributed by atoms with E-state index in [1.54, 1.807) is 0 Å². The van der Waals surface area contributed by atoms with Gasteiger partial charge in [-0.2, -0.15) is 0 Å². The zero-order valence-electron chi connectivity index (χ0n) is 11.0. The molecule has 0 aromatic carbocycles. The van der Waals surface area contributed by atoms with E-state index < -0.39 is 0 Å². The van der Waals surface area contributed by atoms with Crippen LogP contribution in [0.25, 0.3) is 0 Å². The summed E-state index contributed by atoms with van der Waals surface area (Å²) in [4.78, 5) is 10.7. The molecule has 0 heterocycles. The average Bonchev–Trinajstić information content (AvgIpc) is 2.01. The van der Waals surface area contributed by atoms with E-state index >= 15 is 0 Å². The molecular weight excluding hydrogens is 184 g/mol. The number of hydrogen-bond donors (Lipinski definition) is 0. The van der Waals surface area contributed by atoms with Crippen molar-refractivity contribution in [3.63, 3.8) is 0 Å². The Labute approximate surface area is 95.0 Å². The third-order valence-electron chi connectivity index (χ3n) is 2.78. The maximum absolute atomic E-state index is 10.7. The van der Waals surface area contributed by atoms with E-state index in [1.807, 2.05) is 0 Å². The summed E-state index contributed by atoms with van der Waals surface area (Å²) in [7, 11) is 0. The lowest BCUT2D eigenvalue weighted by atomic mass is 9.76. The van der Waals surface area contributed by atoms with Crippen LogP contribution in [0.1, 0.15) is 60.3 Å². The molecule has 0 radical (unpaired) electrons. The SMILES string of the molecule is CC(C)=CCC[C@@](C)(CC=O)CC(C)C. The van der Waals surface area contributed by atoms with Crippen LogP contribution in [0.15, 0.2) is 11.6 Å². The zero-order valence-corrected chi connectivity index (χ0v) is 11.0. The molecule has 0 N–H and O–H groups in total. The molecule has 0 spiro atoms. The second-order valence-electron chi connectivity index (χ2n) is 5.60. The van der Waals surface area contributed by atoms with Crippen LogP contribution >= 0.6 is 0 Å². The molecule has 0 amide bonds. The van der Waals surface area contributed by atoms with Crippen molar-refractivity contribution < 1.29 is 4.79 Å². The molecule has 0 saturated carbocycles. The fourth-order valence-corrected chi connectivity index (χ4v) is 2.18. The van der Waals surface area contributed by atoms with Gasteiger partial charge in [-0.3, -0.25) is 0 Å². The molecule has 1 heteroatoms. The molecule has 0 unspecified atom stereocenters. The van der Waals surface area contributed by atoms with Crippen molar-refractivity contribution in [2.24, 2.45) is 11.3 Å². The Morgan fingerprint density at radius 1 is 1.33 bits per heavy atom. The Morgan fingerprint density at radius 3 is 2.33 bits per heavy atom. The molecule has 1 nitrogen and oxygen atoms in total. The first-order valence-corrected chi connectivity index (χ1v) is 5.96. The van der Waals surface area contributed by atoms with Crippen LogP contribution in [-0.4, -0.2) is 6.29 Å². The second kappa shape index (κ2) is 6.81. The molecule has 0 saturated heterocycles. The predicted molar refractivity (Wildman–Crippen MR) is 66.9 cm³/mol. The average molecular weight is 210 g/mol. The van der Waals surface area contributed by atoms with E-state index in [4.69, 9.17) is 0 Å². The number of allylic oxidation sites excluding steroid dienone is 2. The minimum absolute atomic E-state index is 0.196. The third kappa shape index (κ3) is 7.35. The van der Waals surface area contributed by atoms with Crippen molar-refractivity contribution in [1.82, 2.24) is 0 Å². The van der Waals surface area contributed by atoms with Gasteiger partial charge in [-0.1, -0.05) is 32.4 Å². The van der Waals surface area contributed by atoms with Crippen LogP contribution < -0.4 is 0 Å². The van der Waals surface area contributed by atoms with Crippen molar-refractivity contribution in [2.75, 3.05) is 0 Å². The fraction of sp³-hybridized carbons (Fsp3) is 0.786. The molecule has 0 bridgehead atoms. The first kappa shape index (κ1) is 14.4. The fourth-order valence-electron chi connectivity index (χ4n) is 2.18. The number of carbonyl (C=O) groups is 1. The predicted octanol–water partition coefficient (Wildman–Crippen LogP) is 4.37. The normalized spacial score (nSPS) is 14.8. The summed E-state index contributed by atoms with van der Waals surface area (Å²) in [5, 5.41) is 0. The van der Waals surface area contributed by atoms with Gasteiger partial charge in [0, 0.05) is 6.42 Å². The van der Waals surface area contributed by atoms with E-state index in [0.29, 0.717) is 12.3 Å². The molecule has 15 heavy (non-hydrogen) atoms. The highest BCUT2D eigenvalue weighted by molar-refractivity contribution is 5.50. The molecule has 0 aromatic rings. The standard InChI is InChI=1S/C14H26O/c1-12(2)7-6-8-14(5,9-10-15)11-13(3)4/h7,10,13H,6,8-9,11H2,1-5H3/t14-/m0/s1. The maximum Gasteiger partial charge on any atom is 0.120 e. The Kier molecular flexibility index (Phi) is 6.55. The first-order valence-electron chi connectivity index (χ1n) is 5.96. The van der Waals surface area contributed by atoms with Gasteiger partial charge in [0.2, 0.25) is 0 Å². The highest BCUT2D eigenvalue weighted by Gasteiger charge is 2.24. The van der Waals surface area contributed by atoms with Crippen molar-refractivity contribution in [3.05, 3.63) is 11.6 Å². The molecule has 0 aliphatic rings. The van der Waals surface area contributed by atoms with Gasteiger partial charge in [-0.15, -0.1) is 0 Å². The second-order valence-corrected chi connectivity index (χ2v) is 5.60. The summed E-state index contributed by atoms with van der Waals surface area (Å²) in [5.74, 6) is 0.668. The Morgan fingerprint density at radius 2 is 1.93 bits per heavy atom. The van der Waals surface area contributed by atoms with E-state index in [2.05, 4.69) is 40.7 Å². The van der Waals surface area contributed by atoms with E-state index in [0.717, 1.165) is 25.5 Å². The number of aldehydes is 1. The highest BCUT2D eigenvalue weighted by atomic mass is 16.1. The molecule has 0 fully saturated rings. The maximum atomic E-state index is 10.7. The van der Waals surface area contributed by atoms with Crippen molar-refractivity contribution in [2.45, 2.75) is 60.3 Å². The Bertz CT molecular complexity index is 211. The van der Waals surface area contributed by atoms with Crippen LogP contribution in [0.3, 0.4) is 0 Å². The number of rotatable bonds is 7. The first-order chi connectivity index (χ1) is 6.89.